The normalized spacial score (nSPS) is 16.0. The number of Topliss-reactive ketones (excluding diaryl/α,β-unsaturated/α-hetero) is 1. The number of rotatable bonds is 12. The second-order valence-corrected chi connectivity index (χ2v) is 12.9. The van der Waals surface area contributed by atoms with Gasteiger partial charge in [0.25, 0.3) is 5.78 Å². The number of aromatic nitrogens is 4. The summed E-state index contributed by atoms with van der Waals surface area (Å²) in [6.45, 7) is 4.41. The number of ether oxygens (including phenoxy) is 2. The SMILES string of the molecule is CCCCCOc1ccc(C2/C(=C(\O)c3c(C)nc4ccccn34)C(=O)C(=O)N2c2nnc(SCc3ccccc3)s2)cc1OC. The van der Waals surface area contributed by atoms with Crippen LogP contribution in [0.1, 0.15) is 54.7 Å². The van der Waals surface area contributed by atoms with Gasteiger partial charge in [-0.15, -0.1) is 10.2 Å². The van der Waals surface area contributed by atoms with Gasteiger partial charge >= 0.3 is 5.91 Å². The summed E-state index contributed by atoms with van der Waals surface area (Å²) in [5, 5.41) is 20.8. The first kappa shape index (κ1) is 31.3. The van der Waals surface area contributed by atoms with Gasteiger partial charge in [0.05, 0.1) is 31.0 Å². The van der Waals surface area contributed by atoms with E-state index in [1.165, 1.54) is 35.1 Å². The van der Waals surface area contributed by atoms with Gasteiger partial charge in [0.15, 0.2) is 21.6 Å². The standard InChI is InChI=1S/C34H33N5O5S2/c1-4-5-11-18-44-24-16-15-23(19-25(24)43-3)29-27(30(40)28-21(2)35-26-14-9-10-17-38(26)28)31(41)32(42)39(29)33-36-37-34(46-33)45-20-22-12-7-6-8-13-22/h6-10,12-17,19,29,40H,4-5,11,18,20H2,1-3H3/b30-27+. The number of benzene rings is 2. The largest absolute Gasteiger partial charge is 0.505 e. The predicted molar refractivity (Wildman–Crippen MR) is 179 cm³/mol. The van der Waals surface area contributed by atoms with E-state index in [0.29, 0.717) is 50.8 Å². The number of carbonyl (C=O) groups excluding carboxylic acids is 2. The number of fused-ring (bicyclic) bond motifs is 1. The number of carbonyl (C=O) groups is 2. The third-order valence-electron chi connectivity index (χ3n) is 7.69. The number of aliphatic hydroxyl groups is 1. The summed E-state index contributed by atoms with van der Waals surface area (Å²) in [5.74, 6) is -0.311. The van der Waals surface area contributed by atoms with Crippen molar-refractivity contribution in [3.8, 4) is 11.5 Å². The van der Waals surface area contributed by atoms with E-state index in [2.05, 4.69) is 22.1 Å². The maximum atomic E-state index is 13.9. The molecule has 1 unspecified atom stereocenters. The molecule has 1 fully saturated rings. The Bertz CT molecular complexity index is 1920. The molecule has 1 N–H and O–H groups in total. The van der Waals surface area contributed by atoms with Crippen LogP contribution in [0.4, 0.5) is 5.13 Å². The molecule has 3 aromatic heterocycles. The Morgan fingerprint density at radius 3 is 2.61 bits per heavy atom. The van der Waals surface area contributed by atoms with Crippen molar-refractivity contribution < 1.29 is 24.2 Å². The Hall–Kier alpha value is -4.68. The van der Waals surface area contributed by atoms with Crippen molar-refractivity contribution in [2.75, 3.05) is 18.6 Å². The fourth-order valence-corrected chi connectivity index (χ4v) is 7.28. The van der Waals surface area contributed by atoms with Crippen LogP contribution in [0.15, 0.2) is 82.8 Å². The number of aliphatic hydroxyl groups excluding tert-OH is 1. The number of aryl methyl sites for hydroxylation is 1. The number of hydrogen-bond acceptors (Lipinski definition) is 10. The summed E-state index contributed by atoms with van der Waals surface area (Å²) in [4.78, 5) is 33.5. The minimum Gasteiger partial charge on any atom is -0.505 e. The number of unbranched alkanes of at least 4 members (excludes halogenated alkanes) is 2. The molecule has 236 valence electrons. The predicted octanol–water partition coefficient (Wildman–Crippen LogP) is 6.99. The van der Waals surface area contributed by atoms with E-state index in [1.807, 2.05) is 36.4 Å². The second-order valence-electron chi connectivity index (χ2n) is 10.7. The van der Waals surface area contributed by atoms with Gasteiger partial charge in [0.1, 0.15) is 11.3 Å². The lowest BCUT2D eigenvalue weighted by atomic mass is 9.96. The number of nitrogens with zero attached hydrogens (tertiary/aromatic N) is 5. The lowest BCUT2D eigenvalue weighted by molar-refractivity contribution is -0.132. The Labute approximate surface area is 274 Å². The first-order chi connectivity index (χ1) is 22.4. The highest BCUT2D eigenvalue weighted by molar-refractivity contribution is 8.00. The molecule has 1 atom stereocenters. The van der Waals surface area contributed by atoms with E-state index in [-0.39, 0.29) is 16.5 Å². The number of amides is 1. The number of thioether (sulfide) groups is 1. The van der Waals surface area contributed by atoms with E-state index in [4.69, 9.17) is 9.47 Å². The van der Waals surface area contributed by atoms with Crippen LogP contribution in [0.2, 0.25) is 0 Å². The molecule has 10 nitrogen and oxygen atoms in total. The number of methoxy groups -OCH3 is 1. The second kappa shape index (κ2) is 13.8. The first-order valence-corrected chi connectivity index (χ1v) is 16.8. The van der Waals surface area contributed by atoms with Crippen molar-refractivity contribution in [2.45, 2.75) is 49.2 Å². The summed E-state index contributed by atoms with van der Waals surface area (Å²) >= 11 is 2.71. The highest BCUT2D eigenvalue weighted by Gasteiger charge is 2.49. The number of imidazole rings is 1. The van der Waals surface area contributed by atoms with Crippen LogP contribution in [0.3, 0.4) is 0 Å². The number of pyridine rings is 1. The molecule has 4 heterocycles. The molecule has 0 bridgehead atoms. The summed E-state index contributed by atoms with van der Waals surface area (Å²) in [5.41, 5.74) is 3.03. The summed E-state index contributed by atoms with van der Waals surface area (Å²) in [6, 6.07) is 19.7. The van der Waals surface area contributed by atoms with Gasteiger partial charge in [0.2, 0.25) is 5.13 Å². The Kier molecular flexibility index (Phi) is 9.36. The molecule has 46 heavy (non-hydrogen) atoms. The third kappa shape index (κ3) is 6.10. The van der Waals surface area contributed by atoms with E-state index in [1.54, 1.807) is 47.9 Å². The van der Waals surface area contributed by atoms with Crippen LogP contribution >= 0.6 is 23.1 Å². The van der Waals surface area contributed by atoms with Gasteiger partial charge in [-0.3, -0.25) is 18.9 Å². The fraction of sp³-hybridized carbons (Fsp3) is 0.265. The van der Waals surface area contributed by atoms with Crippen molar-refractivity contribution in [1.82, 2.24) is 19.6 Å². The van der Waals surface area contributed by atoms with Crippen LogP contribution < -0.4 is 14.4 Å². The van der Waals surface area contributed by atoms with E-state index < -0.39 is 17.7 Å². The van der Waals surface area contributed by atoms with E-state index >= 15 is 0 Å². The number of hydrogen-bond donors (Lipinski definition) is 1. The third-order valence-corrected chi connectivity index (χ3v) is 9.82. The fourth-order valence-electron chi connectivity index (χ4n) is 5.46. The maximum absolute atomic E-state index is 13.9. The van der Waals surface area contributed by atoms with Crippen LogP contribution in [-0.4, -0.2) is 50.1 Å². The molecule has 0 spiro atoms. The molecule has 6 rings (SSSR count). The molecule has 0 radical (unpaired) electrons. The molecular weight excluding hydrogens is 623 g/mol. The minimum atomic E-state index is -1.02. The molecule has 2 aromatic carbocycles. The Balaban J connectivity index is 1.44. The number of ketones is 1. The summed E-state index contributed by atoms with van der Waals surface area (Å²) < 4.78 is 14.0. The topological polar surface area (TPSA) is 119 Å². The average Bonchev–Trinajstić information content (AvgIpc) is 3.75. The molecule has 1 aliphatic heterocycles. The van der Waals surface area contributed by atoms with Crippen LogP contribution in [0.25, 0.3) is 11.4 Å². The first-order valence-electron chi connectivity index (χ1n) is 15.0. The quantitative estimate of drug-likeness (QED) is 0.0379. The molecule has 0 saturated carbocycles. The monoisotopic (exact) mass is 655 g/mol. The van der Waals surface area contributed by atoms with Crippen LogP contribution in [0.5, 0.6) is 11.5 Å². The molecule has 0 aliphatic carbocycles. The Morgan fingerprint density at radius 2 is 1.83 bits per heavy atom. The van der Waals surface area contributed by atoms with Crippen molar-refractivity contribution in [3.05, 3.63) is 101 Å². The lowest BCUT2D eigenvalue weighted by Gasteiger charge is -2.23. The van der Waals surface area contributed by atoms with Gasteiger partial charge in [-0.25, -0.2) is 4.98 Å². The van der Waals surface area contributed by atoms with Crippen molar-refractivity contribution in [1.29, 1.82) is 0 Å². The highest BCUT2D eigenvalue weighted by atomic mass is 32.2. The molecule has 1 saturated heterocycles. The smallest absolute Gasteiger partial charge is 0.301 e. The van der Waals surface area contributed by atoms with Crippen molar-refractivity contribution in [3.63, 3.8) is 0 Å². The highest BCUT2D eigenvalue weighted by Crippen LogP contribution is 2.46. The van der Waals surface area contributed by atoms with Gasteiger partial charge in [-0.05, 0) is 48.7 Å². The minimum absolute atomic E-state index is 0.0777. The van der Waals surface area contributed by atoms with Crippen LogP contribution in [-0.2, 0) is 15.3 Å². The average molecular weight is 656 g/mol. The molecule has 1 aliphatic rings. The Morgan fingerprint density at radius 1 is 1.02 bits per heavy atom. The van der Waals surface area contributed by atoms with Gasteiger partial charge in [0, 0.05) is 11.9 Å². The molecule has 12 heteroatoms. The maximum Gasteiger partial charge on any atom is 0.301 e. The van der Waals surface area contributed by atoms with Gasteiger partial charge in [-0.2, -0.15) is 0 Å². The zero-order valence-electron chi connectivity index (χ0n) is 25.7. The molecule has 1 amide bonds. The zero-order chi connectivity index (χ0) is 32.2. The summed E-state index contributed by atoms with van der Waals surface area (Å²) in [6.07, 6.45) is 4.78. The van der Waals surface area contributed by atoms with E-state index in [9.17, 15) is 14.7 Å². The lowest BCUT2D eigenvalue weighted by Crippen LogP contribution is -2.29. The van der Waals surface area contributed by atoms with Gasteiger partial charge in [-0.1, -0.05) is 85.3 Å². The molecule has 5 aromatic rings. The van der Waals surface area contributed by atoms with E-state index in [0.717, 1.165) is 24.8 Å². The zero-order valence-corrected chi connectivity index (χ0v) is 27.3. The van der Waals surface area contributed by atoms with Crippen molar-refractivity contribution >= 4 is 51.3 Å². The van der Waals surface area contributed by atoms with Crippen LogP contribution in [0, 0.1) is 6.92 Å². The summed E-state index contributed by atoms with van der Waals surface area (Å²) in [7, 11) is 1.54. The molecular formula is C34H33N5O5S2. The van der Waals surface area contributed by atoms with Crippen molar-refractivity contribution in [2.24, 2.45) is 0 Å². The van der Waals surface area contributed by atoms with Gasteiger partial charge < -0.3 is 14.6 Å². The number of anilines is 1.